The average molecular weight is 300 g/mol. The molecule has 0 spiro atoms. The van der Waals surface area contributed by atoms with Crippen molar-refractivity contribution in [2.45, 2.75) is 33.7 Å². The van der Waals surface area contributed by atoms with Crippen molar-refractivity contribution in [3.8, 4) is 0 Å². The lowest BCUT2D eigenvalue weighted by molar-refractivity contribution is -0.136. The van der Waals surface area contributed by atoms with Crippen LogP contribution in [0.15, 0.2) is 0 Å². The molecule has 1 aliphatic heterocycles. The molecule has 0 aromatic heterocycles. The summed E-state index contributed by atoms with van der Waals surface area (Å²) < 4.78 is 0. The van der Waals surface area contributed by atoms with Gasteiger partial charge in [0.2, 0.25) is 5.91 Å². The number of nitrogens with two attached hydrogens (primary N) is 1. The lowest BCUT2D eigenvalue weighted by Gasteiger charge is -2.37. The fraction of sp³-hybridized carbons (Fsp3) is 0.917. The quantitative estimate of drug-likeness (QED) is 0.838. The van der Waals surface area contributed by atoms with Crippen LogP contribution >= 0.6 is 24.8 Å². The second-order valence-corrected chi connectivity index (χ2v) is 5.60. The van der Waals surface area contributed by atoms with Crippen LogP contribution in [0, 0.1) is 5.41 Å². The molecule has 0 aromatic rings. The molecule has 1 heterocycles. The topological polar surface area (TPSA) is 49.6 Å². The predicted molar refractivity (Wildman–Crippen MR) is 80.6 cm³/mol. The monoisotopic (exact) mass is 299 g/mol. The minimum Gasteiger partial charge on any atom is -0.339 e. The number of piperazine rings is 1. The van der Waals surface area contributed by atoms with E-state index in [9.17, 15) is 4.79 Å². The summed E-state index contributed by atoms with van der Waals surface area (Å²) in [6.07, 6.45) is 0. The van der Waals surface area contributed by atoms with Crippen molar-refractivity contribution in [1.82, 2.24) is 9.80 Å². The molecule has 1 rings (SSSR count). The van der Waals surface area contributed by atoms with Crippen LogP contribution in [0.4, 0.5) is 0 Å². The Kier molecular flexibility index (Phi) is 9.25. The number of carbonyl (C=O) groups is 1. The minimum atomic E-state index is -0.388. The number of halogens is 2. The van der Waals surface area contributed by atoms with Crippen LogP contribution in [-0.4, -0.2) is 54.5 Å². The highest BCUT2D eigenvalue weighted by Crippen LogP contribution is 2.19. The lowest BCUT2D eigenvalue weighted by atomic mass is 9.86. The second-order valence-electron chi connectivity index (χ2n) is 5.60. The molecule has 0 unspecified atom stereocenters. The van der Waals surface area contributed by atoms with E-state index in [0.717, 1.165) is 32.7 Å². The summed E-state index contributed by atoms with van der Waals surface area (Å²) in [4.78, 5) is 16.4. The van der Waals surface area contributed by atoms with E-state index in [1.165, 1.54) is 0 Å². The van der Waals surface area contributed by atoms with E-state index in [4.69, 9.17) is 5.73 Å². The van der Waals surface area contributed by atoms with Crippen molar-refractivity contribution in [3.63, 3.8) is 0 Å². The maximum absolute atomic E-state index is 12.1. The smallest absolute Gasteiger partial charge is 0.240 e. The Morgan fingerprint density at radius 3 is 1.94 bits per heavy atom. The summed E-state index contributed by atoms with van der Waals surface area (Å²) in [5.74, 6) is 0.100. The average Bonchev–Trinajstić information content (AvgIpc) is 2.26. The van der Waals surface area contributed by atoms with E-state index in [-0.39, 0.29) is 42.2 Å². The number of rotatable bonds is 2. The van der Waals surface area contributed by atoms with Gasteiger partial charge >= 0.3 is 0 Å². The summed E-state index contributed by atoms with van der Waals surface area (Å²) in [6, 6.07) is -0.388. The Morgan fingerprint density at radius 2 is 1.61 bits per heavy atom. The molecule has 0 aliphatic carbocycles. The van der Waals surface area contributed by atoms with Gasteiger partial charge in [-0.15, -0.1) is 24.8 Å². The van der Waals surface area contributed by atoms with Gasteiger partial charge in [-0.05, 0) is 12.0 Å². The molecule has 110 valence electrons. The number of hydrogen-bond donors (Lipinski definition) is 1. The molecule has 1 saturated heterocycles. The van der Waals surface area contributed by atoms with Gasteiger partial charge in [0.05, 0.1) is 6.04 Å². The van der Waals surface area contributed by atoms with Crippen molar-refractivity contribution < 1.29 is 4.79 Å². The first-order valence-electron chi connectivity index (χ1n) is 6.13. The Hall–Kier alpha value is -0.0300. The summed E-state index contributed by atoms with van der Waals surface area (Å²) in [5, 5.41) is 0. The van der Waals surface area contributed by atoms with E-state index >= 15 is 0 Å². The molecule has 1 aliphatic rings. The third-order valence-corrected chi connectivity index (χ3v) is 3.33. The first kappa shape index (κ1) is 20.3. The molecular weight excluding hydrogens is 273 g/mol. The van der Waals surface area contributed by atoms with E-state index in [2.05, 4.69) is 11.8 Å². The molecule has 1 amide bonds. The molecule has 1 atom stereocenters. The standard InChI is InChI=1S/C12H25N3O.2ClH/c1-5-14-6-8-15(9-7-14)11(16)10(13)12(2,3)4;;/h10H,5-9,13H2,1-4H3;2*1H/t10-;;/m1../s1. The van der Waals surface area contributed by atoms with Crippen LogP contribution in [0.2, 0.25) is 0 Å². The molecule has 0 aromatic carbocycles. The predicted octanol–water partition coefficient (Wildman–Crippen LogP) is 1.37. The third-order valence-electron chi connectivity index (χ3n) is 3.33. The minimum absolute atomic E-state index is 0. The molecular formula is C12H27Cl2N3O. The highest BCUT2D eigenvalue weighted by molar-refractivity contribution is 5.85. The Morgan fingerprint density at radius 1 is 1.17 bits per heavy atom. The van der Waals surface area contributed by atoms with Crippen molar-refractivity contribution in [1.29, 1.82) is 0 Å². The van der Waals surface area contributed by atoms with Gasteiger partial charge in [-0.25, -0.2) is 0 Å². The van der Waals surface area contributed by atoms with Crippen molar-refractivity contribution in [2.24, 2.45) is 11.1 Å². The van der Waals surface area contributed by atoms with Crippen molar-refractivity contribution >= 4 is 30.7 Å². The van der Waals surface area contributed by atoms with Gasteiger partial charge in [-0.3, -0.25) is 4.79 Å². The maximum Gasteiger partial charge on any atom is 0.240 e. The van der Waals surface area contributed by atoms with Crippen LogP contribution < -0.4 is 5.73 Å². The molecule has 2 N–H and O–H groups in total. The van der Waals surface area contributed by atoms with Gasteiger partial charge in [-0.2, -0.15) is 0 Å². The zero-order chi connectivity index (χ0) is 12.3. The summed E-state index contributed by atoms with van der Waals surface area (Å²) in [6.45, 7) is 12.8. The van der Waals surface area contributed by atoms with E-state index in [1.807, 2.05) is 25.7 Å². The van der Waals surface area contributed by atoms with Crippen LogP contribution in [0.5, 0.6) is 0 Å². The SMILES string of the molecule is CCN1CCN(C(=O)[C@@H](N)C(C)(C)C)CC1.Cl.Cl. The van der Waals surface area contributed by atoms with Gasteiger partial charge in [-0.1, -0.05) is 27.7 Å². The molecule has 0 bridgehead atoms. The zero-order valence-electron chi connectivity index (χ0n) is 11.8. The molecule has 0 saturated carbocycles. The number of hydrogen-bond acceptors (Lipinski definition) is 3. The van der Waals surface area contributed by atoms with Crippen molar-refractivity contribution in [2.75, 3.05) is 32.7 Å². The van der Waals surface area contributed by atoms with Gasteiger partial charge in [0.25, 0.3) is 0 Å². The van der Waals surface area contributed by atoms with Gasteiger partial charge in [0.1, 0.15) is 0 Å². The first-order chi connectivity index (χ1) is 7.36. The van der Waals surface area contributed by atoms with Crippen LogP contribution in [-0.2, 0) is 4.79 Å². The Labute approximate surface area is 123 Å². The Bertz CT molecular complexity index is 248. The second kappa shape index (κ2) is 8.20. The van der Waals surface area contributed by atoms with Gasteiger partial charge in [0, 0.05) is 26.2 Å². The number of nitrogens with zero attached hydrogens (tertiary/aromatic N) is 2. The van der Waals surface area contributed by atoms with Crippen molar-refractivity contribution in [3.05, 3.63) is 0 Å². The molecule has 0 radical (unpaired) electrons. The van der Waals surface area contributed by atoms with E-state index in [1.54, 1.807) is 0 Å². The summed E-state index contributed by atoms with van der Waals surface area (Å²) in [5.41, 5.74) is 5.83. The number of carbonyl (C=O) groups excluding carboxylic acids is 1. The first-order valence-corrected chi connectivity index (χ1v) is 6.13. The fourth-order valence-electron chi connectivity index (χ4n) is 1.85. The van der Waals surface area contributed by atoms with E-state index < -0.39 is 0 Å². The van der Waals surface area contributed by atoms with Crippen LogP contribution in [0.3, 0.4) is 0 Å². The highest BCUT2D eigenvalue weighted by atomic mass is 35.5. The summed E-state index contributed by atoms with van der Waals surface area (Å²) >= 11 is 0. The van der Waals surface area contributed by atoms with Crippen LogP contribution in [0.1, 0.15) is 27.7 Å². The number of likely N-dealkylation sites (N-methyl/N-ethyl adjacent to an activating group) is 1. The molecule has 4 nitrogen and oxygen atoms in total. The van der Waals surface area contributed by atoms with Gasteiger partial charge < -0.3 is 15.5 Å². The Balaban J connectivity index is 0. The van der Waals surface area contributed by atoms with E-state index in [0.29, 0.717) is 0 Å². The van der Waals surface area contributed by atoms with Crippen LogP contribution in [0.25, 0.3) is 0 Å². The summed E-state index contributed by atoms with van der Waals surface area (Å²) in [7, 11) is 0. The zero-order valence-corrected chi connectivity index (χ0v) is 13.4. The highest BCUT2D eigenvalue weighted by Gasteiger charge is 2.32. The molecule has 1 fully saturated rings. The third kappa shape index (κ3) is 5.31. The largest absolute Gasteiger partial charge is 0.339 e. The normalized spacial score (nSPS) is 18.6. The molecule has 18 heavy (non-hydrogen) atoms. The molecule has 6 heteroatoms. The fourth-order valence-corrected chi connectivity index (χ4v) is 1.85. The maximum atomic E-state index is 12.1. The lowest BCUT2D eigenvalue weighted by Crippen LogP contribution is -2.56. The number of amides is 1. The van der Waals surface area contributed by atoms with Gasteiger partial charge in [0.15, 0.2) is 0 Å².